The smallest absolute Gasteiger partial charge is 0.279 e. The van der Waals surface area contributed by atoms with Gasteiger partial charge in [-0.2, -0.15) is 0 Å². The van der Waals surface area contributed by atoms with Crippen molar-refractivity contribution < 1.29 is 0 Å². The number of nitrogens with zero attached hydrogens (tertiary/aromatic N) is 2. The molecule has 0 saturated carbocycles. The van der Waals surface area contributed by atoms with Gasteiger partial charge >= 0.3 is 0 Å². The summed E-state index contributed by atoms with van der Waals surface area (Å²) in [5.41, 5.74) is 7.56. The molecule has 0 saturated heterocycles. The van der Waals surface area contributed by atoms with Crippen molar-refractivity contribution in [2.24, 2.45) is 5.73 Å². The van der Waals surface area contributed by atoms with E-state index in [0.717, 1.165) is 15.9 Å². The zero-order valence-electron chi connectivity index (χ0n) is 9.54. The molecule has 0 amide bonds. The van der Waals surface area contributed by atoms with Crippen LogP contribution in [0.25, 0.3) is 21.6 Å². The highest BCUT2D eigenvalue weighted by atomic mass is 32.1. The fourth-order valence-corrected chi connectivity index (χ4v) is 2.65. The van der Waals surface area contributed by atoms with Crippen LogP contribution in [-0.2, 0) is 6.67 Å². The summed E-state index contributed by atoms with van der Waals surface area (Å²) in [6.45, 7) is 0.153. The maximum atomic E-state index is 12.3. The van der Waals surface area contributed by atoms with Gasteiger partial charge in [-0.05, 0) is 23.6 Å². The van der Waals surface area contributed by atoms with Crippen LogP contribution in [0.1, 0.15) is 0 Å². The molecule has 0 radical (unpaired) electrons. The molecular formula is C13H11N3OS. The van der Waals surface area contributed by atoms with Crippen molar-refractivity contribution in [1.29, 1.82) is 0 Å². The lowest BCUT2D eigenvalue weighted by Crippen LogP contribution is -2.26. The maximum absolute atomic E-state index is 12.3. The van der Waals surface area contributed by atoms with Crippen LogP contribution in [0, 0.1) is 0 Å². The fourth-order valence-electron chi connectivity index (χ4n) is 1.95. The quantitative estimate of drug-likeness (QED) is 0.764. The summed E-state index contributed by atoms with van der Waals surface area (Å²) < 4.78 is 1.55. The summed E-state index contributed by atoms with van der Waals surface area (Å²) in [6.07, 6.45) is 0. The maximum Gasteiger partial charge on any atom is 0.279 e. The Kier molecular flexibility index (Phi) is 2.70. The second kappa shape index (κ2) is 4.36. The Balaban J connectivity index is 2.41. The highest BCUT2D eigenvalue weighted by Crippen LogP contribution is 2.21. The zero-order chi connectivity index (χ0) is 12.5. The average molecular weight is 257 g/mol. The van der Waals surface area contributed by atoms with E-state index in [-0.39, 0.29) is 12.2 Å². The highest BCUT2D eigenvalue weighted by molar-refractivity contribution is 7.13. The summed E-state index contributed by atoms with van der Waals surface area (Å²) in [5, 5.41) is 1.93. The molecule has 4 nitrogen and oxygen atoms in total. The first-order valence-electron chi connectivity index (χ1n) is 5.55. The number of benzene rings is 1. The molecule has 2 N–H and O–H groups in total. The van der Waals surface area contributed by atoms with Crippen LogP contribution in [0.3, 0.4) is 0 Å². The van der Waals surface area contributed by atoms with Crippen LogP contribution in [0.5, 0.6) is 0 Å². The summed E-state index contributed by atoms with van der Waals surface area (Å²) in [7, 11) is 0. The Bertz CT molecular complexity index is 747. The van der Waals surface area contributed by atoms with Crippen molar-refractivity contribution in [3.8, 4) is 10.6 Å². The third kappa shape index (κ3) is 1.64. The van der Waals surface area contributed by atoms with Crippen LogP contribution >= 0.6 is 11.3 Å². The molecule has 2 aromatic heterocycles. The number of hydrogen-bond donors (Lipinski definition) is 1. The molecule has 0 atom stereocenters. The van der Waals surface area contributed by atoms with Gasteiger partial charge in [0.1, 0.15) is 5.69 Å². The molecule has 0 bridgehead atoms. The van der Waals surface area contributed by atoms with Crippen molar-refractivity contribution in [3.05, 3.63) is 52.1 Å². The molecule has 2 heterocycles. The Morgan fingerprint density at radius 3 is 2.78 bits per heavy atom. The molecule has 0 fully saturated rings. The standard InChI is InChI=1S/C13H11N3OS/c14-8-16-10-5-2-1-4-9(10)15-12(13(16)17)11-6-3-7-18-11/h1-7H,8,14H2. The number of para-hydroxylation sites is 2. The van der Waals surface area contributed by atoms with E-state index in [1.165, 1.54) is 11.3 Å². The van der Waals surface area contributed by atoms with Crippen LogP contribution in [0.15, 0.2) is 46.6 Å². The zero-order valence-corrected chi connectivity index (χ0v) is 10.4. The van der Waals surface area contributed by atoms with Crippen LogP contribution in [-0.4, -0.2) is 9.55 Å². The summed E-state index contributed by atoms with van der Waals surface area (Å²) >= 11 is 1.50. The van der Waals surface area contributed by atoms with E-state index in [9.17, 15) is 4.79 Å². The Morgan fingerprint density at radius 1 is 1.22 bits per heavy atom. The third-order valence-corrected chi connectivity index (χ3v) is 3.67. The van der Waals surface area contributed by atoms with E-state index in [1.54, 1.807) is 4.57 Å². The molecule has 0 aliphatic heterocycles. The Morgan fingerprint density at radius 2 is 2.06 bits per heavy atom. The van der Waals surface area contributed by atoms with Gasteiger partial charge in [0.25, 0.3) is 5.56 Å². The number of hydrogen-bond acceptors (Lipinski definition) is 4. The van der Waals surface area contributed by atoms with Crippen molar-refractivity contribution in [2.45, 2.75) is 6.67 Å². The monoisotopic (exact) mass is 257 g/mol. The number of rotatable bonds is 2. The molecular weight excluding hydrogens is 246 g/mol. The van der Waals surface area contributed by atoms with Gasteiger partial charge < -0.3 is 5.73 Å². The van der Waals surface area contributed by atoms with Gasteiger partial charge in [0.15, 0.2) is 0 Å². The average Bonchev–Trinajstić information content (AvgIpc) is 2.92. The summed E-state index contributed by atoms with van der Waals surface area (Å²) in [6, 6.07) is 11.3. The van der Waals surface area contributed by atoms with Crippen LogP contribution < -0.4 is 11.3 Å². The fraction of sp³-hybridized carbons (Fsp3) is 0.0769. The largest absolute Gasteiger partial charge is 0.313 e. The second-order valence-corrected chi connectivity index (χ2v) is 4.79. The lowest BCUT2D eigenvalue weighted by Gasteiger charge is -2.08. The number of fused-ring (bicyclic) bond motifs is 1. The van der Waals surface area contributed by atoms with Gasteiger partial charge in [-0.3, -0.25) is 9.36 Å². The lowest BCUT2D eigenvalue weighted by molar-refractivity contribution is 0.727. The SMILES string of the molecule is NCn1c(=O)c(-c2cccs2)nc2ccccc21. The van der Waals surface area contributed by atoms with Gasteiger partial charge in [0, 0.05) is 0 Å². The molecule has 3 rings (SSSR count). The van der Waals surface area contributed by atoms with Gasteiger partial charge in [-0.15, -0.1) is 11.3 Å². The predicted octanol–water partition coefficient (Wildman–Crippen LogP) is 2.04. The first-order valence-corrected chi connectivity index (χ1v) is 6.43. The topological polar surface area (TPSA) is 60.9 Å². The van der Waals surface area contributed by atoms with Crippen LogP contribution in [0.4, 0.5) is 0 Å². The van der Waals surface area contributed by atoms with E-state index in [0.29, 0.717) is 5.69 Å². The number of nitrogens with two attached hydrogens (primary N) is 1. The van der Waals surface area contributed by atoms with E-state index < -0.39 is 0 Å². The molecule has 90 valence electrons. The van der Waals surface area contributed by atoms with E-state index in [2.05, 4.69) is 4.98 Å². The minimum Gasteiger partial charge on any atom is -0.313 e. The predicted molar refractivity (Wildman–Crippen MR) is 73.5 cm³/mol. The van der Waals surface area contributed by atoms with Crippen molar-refractivity contribution in [1.82, 2.24) is 9.55 Å². The Hall–Kier alpha value is -1.98. The minimum atomic E-state index is -0.140. The van der Waals surface area contributed by atoms with E-state index >= 15 is 0 Å². The van der Waals surface area contributed by atoms with Crippen molar-refractivity contribution >= 4 is 22.4 Å². The third-order valence-electron chi connectivity index (χ3n) is 2.79. The van der Waals surface area contributed by atoms with Gasteiger partial charge in [-0.1, -0.05) is 18.2 Å². The minimum absolute atomic E-state index is 0.140. The summed E-state index contributed by atoms with van der Waals surface area (Å²) in [5.74, 6) is 0. The van der Waals surface area contributed by atoms with E-state index in [1.807, 2.05) is 41.8 Å². The molecule has 5 heteroatoms. The summed E-state index contributed by atoms with van der Waals surface area (Å²) in [4.78, 5) is 17.7. The van der Waals surface area contributed by atoms with Crippen molar-refractivity contribution in [3.63, 3.8) is 0 Å². The molecule has 1 aromatic carbocycles. The number of aromatic nitrogens is 2. The first kappa shape index (κ1) is 11.1. The van der Waals surface area contributed by atoms with Crippen LogP contribution in [0.2, 0.25) is 0 Å². The Labute approximate surface area is 107 Å². The highest BCUT2D eigenvalue weighted by Gasteiger charge is 2.12. The normalized spacial score (nSPS) is 10.9. The van der Waals surface area contributed by atoms with Gasteiger partial charge in [0.05, 0.1) is 22.6 Å². The van der Waals surface area contributed by atoms with Gasteiger partial charge in [-0.25, -0.2) is 4.98 Å². The van der Waals surface area contributed by atoms with Crippen molar-refractivity contribution in [2.75, 3.05) is 0 Å². The lowest BCUT2D eigenvalue weighted by atomic mass is 10.2. The molecule has 18 heavy (non-hydrogen) atoms. The second-order valence-electron chi connectivity index (χ2n) is 3.84. The molecule has 3 aromatic rings. The molecule has 0 aliphatic carbocycles. The van der Waals surface area contributed by atoms with Gasteiger partial charge in [0.2, 0.25) is 0 Å². The first-order chi connectivity index (χ1) is 8.81. The molecule has 0 unspecified atom stereocenters. The number of thiophene rings is 1. The molecule has 0 aliphatic rings. The molecule has 0 spiro atoms. The van der Waals surface area contributed by atoms with E-state index in [4.69, 9.17) is 5.73 Å².